The lowest BCUT2D eigenvalue weighted by Gasteiger charge is -2.11. The van der Waals surface area contributed by atoms with Crippen LogP contribution in [0.4, 0.5) is 0 Å². The number of hydrogen-bond donors (Lipinski definition) is 1. The van der Waals surface area contributed by atoms with Crippen LogP contribution < -0.4 is 4.74 Å². The highest BCUT2D eigenvalue weighted by atomic mass is 35.5. The first-order chi connectivity index (χ1) is 10.1. The molecule has 0 bridgehead atoms. The number of ether oxygens (including phenoxy) is 1. The topological polar surface area (TPSA) is 29.5 Å². The zero-order chi connectivity index (χ0) is 15.2. The Morgan fingerprint density at radius 3 is 2.48 bits per heavy atom. The molecule has 0 spiro atoms. The minimum absolute atomic E-state index is 0.0361. The summed E-state index contributed by atoms with van der Waals surface area (Å²) in [7, 11) is 1.64. The Balaban J connectivity index is 2.19. The van der Waals surface area contributed by atoms with Crippen LogP contribution in [0.3, 0.4) is 0 Å². The predicted molar refractivity (Wildman–Crippen MR) is 88.0 cm³/mol. The van der Waals surface area contributed by atoms with Crippen LogP contribution >= 0.6 is 11.6 Å². The second kappa shape index (κ2) is 7.30. The van der Waals surface area contributed by atoms with Gasteiger partial charge in [-0.25, -0.2) is 0 Å². The van der Waals surface area contributed by atoms with Gasteiger partial charge in [0.15, 0.2) is 0 Å². The standard InChI is InChI=1S/C18H19ClO2/c1-13-11-17(19)8-5-14(13)3-4-16(12-20)15-6-9-18(21-2)10-7-15/h3-11,16,20H,12H2,1-2H3/b4-3-. The van der Waals surface area contributed by atoms with Crippen LogP contribution in [0.25, 0.3) is 6.08 Å². The third kappa shape index (κ3) is 4.10. The maximum absolute atomic E-state index is 9.59. The minimum Gasteiger partial charge on any atom is -0.497 e. The second-order valence-electron chi connectivity index (χ2n) is 4.92. The van der Waals surface area contributed by atoms with Crippen LogP contribution in [0.2, 0.25) is 5.02 Å². The zero-order valence-corrected chi connectivity index (χ0v) is 13.0. The van der Waals surface area contributed by atoms with Crippen molar-refractivity contribution in [3.63, 3.8) is 0 Å². The molecule has 21 heavy (non-hydrogen) atoms. The molecule has 0 aliphatic heterocycles. The van der Waals surface area contributed by atoms with Gasteiger partial charge in [0.2, 0.25) is 0 Å². The summed E-state index contributed by atoms with van der Waals surface area (Å²) in [6, 6.07) is 13.5. The van der Waals surface area contributed by atoms with Crippen LogP contribution in [0.5, 0.6) is 5.75 Å². The van der Waals surface area contributed by atoms with E-state index >= 15 is 0 Å². The van der Waals surface area contributed by atoms with Crippen molar-refractivity contribution in [3.05, 3.63) is 70.3 Å². The van der Waals surface area contributed by atoms with Gasteiger partial charge in [-0.15, -0.1) is 0 Å². The summed E-state index contributed by atoms with van der Waals surface area (Å²) in [6.45, 7) is 2.09. The molecule has 0 aliphatic rings. The number of benzene rings is 2. The van der Waals surface area contributed by atoms with E-state index in [1.165, 1.54) is 0 Å². The molecule has 110 valence electrons. The van der Waals surface area contributed by atoms with Crippen LogP contribution in [0.1, 0.15) is 22.6 Å². The highest BCUT2D eigenvalue weighted by molar-refractivity contribution is 6.30. The summed E-state index contributed by atoms with van der Waals surface area (Å²) in [6.07, 6.45) is 4.04. The van der Waals surface area contributed by atoms with Gasteiger partial charge in [-0.2, -0.15) is 0 Å². The van der Waals surface area contributed by atoms with Crippen molar-refractivity contribution in [1.29, 1.82) is 0 Å². The van der Waals surface area contributed by atoms with Crippen LogP contribution in [0.15, 0.2) is 48.5 Å². The molecule has 1 N–H and O–H groups in total. The van der Waals surface area contributed by atoms with Crippen LogP contribution in [-0.4, -0.2) is 18.8 Å². The molecular formula is C18H19ClO2. The molecule has 0 aliphatic carbocycles. The summed E-state index contributed by atoms with van der Waals surface area (Å²) in [5, 5.41) is 10.3. The van der Waals surface area contributed by atoms with Gasteiger partial charge in [0.25, 0.3) is 0 Å². The summed E-state index contributed by atoms with van der Waals surface area (Å²) >= 11 is 5.96. The lowest BCUT2D eigenvalue weighted by Crippen LogP contribution is -2.00. The van der Waals surface area contributed by atoms with E-state index in [1.54, 1.807) is 7.11 Å². The predicted octanol–water partition coefficient (Wildman–Crippen LogP) is 4.45. The fraction of sp³-hybridized carbons (Fsp3) is 0.222. The van der Waals surface area contributed by atoms with E-state index in [0.717, 1.165) is 27.5 Å². The monoisotopic (exact) mass is 302 g/mol. The number of rotatable bonds is 5. The lowest BCUT2D eigenvalue weighted by atomic mass is 9.97. The third-order valence-electron chi connectivity index (χ3n) is 3.48. The largest absolute Gasteiger partial charge is 0.497 e. The average Bonchev–Trinajstić information content (AvgIpc) is 2.50. The first-order valence-corrected chi connectivity index (χ1v) is 7.21. The lowest BCUT2D eigenvalue weighted by molar-refractivity contribution is 0.283. The summed E-state index contributed by atoms with van der Waals surface area (Å²) in [5.74, 6) is 0.777. The molecule has 2 nitrogen and oxygen atoms in total. The van der Waals surface area contributed by atoms with E-state index < -0.39 is 0 Å². The van der Waals surface area contributed by atoms with Gasteiger partial charge in [0, 0.05) is 10.9 Å². The van der Waals surface area contributed by atoms with Crippen molar-refractivity contribution < 1.29 is 9.84 Å². The van der Waals surface area contributed by atoms with Gasteiger partial charge in [0.05, 0.1) is 13.7 Å². The molecule has 1 atom stereocenters. The molecule has 2 rings (SSSR count). The molecule has 0 radical (unpaired) electrons. The fourth-order valence-corrected chi connectivity index (χ4v) is 2.40. The molecule has 2 aromatic carbocycles. The Morgan fingerprint density at radius 2 is 1.90 bits per heavy atom. The first kappa shape index (κ1) is 15.6. The Kier molecular flexibility index (Phi) is 5.43. The Hall–Kier alpha value is -1.77. The first-order valence-electron chi connectivity index (χ1n) is 6.83. The fourth-order valence-electron chi connectivity index (χ4n) is 2.17. The number of hydrogen-bond acceptors (Lipinski definition) is 2. The molecule has 0 heterocycles. The van der Waals surface area contributed by atoms with Gasteiger partial charge in [-0.05, 0) is 47.9 Å². The smallest absolute Gasteiger partial charge is 0.118 e. The number of halogens is 1. The van der Waals surface area contributed by atoms with Crippen molar-refractivity contribution in [2.24, 2.45) is 0 Å². The van der Waals surface area contributed by atoms with Crippen molar-refractivity contribution >= 4 is 17.7 Å². The highest BCUT2D eigenvalue weighted by Crippen LogP contribution is 2.23. The Morgan fingerprint density at radius 1 is 1.19 bits per heavy atom. The van der Waals surface area contributed by atoms with Gasteiger partial charge in [-0.1, -0.05) is 42.0 Å². The molecular weight excluding hydrogens is 284 g/mol. The van der Waals surface area contributed by atoms with Gasteiger partial charge < -0.3 is 9.84 Å². The van der Waals surface area contributed by atoms with E-state index in [0.29, 0.717) is 0 Å². The molecule has 0 aromatic heterocycles. The average molecular weight is 303 g/mol. The maximum atomic E-state index is 9.59. The molecule has 0 saturated carbocycles. The van der Waals surface area contributed by atoms with E-state index in [2.05, 4.69) is 0 Å². The number of aliphatic hydroxyl groups excluding tert-OH is 1. The molecule has 0 fully saturated rings. The van der Waals surface area contributed by atoms with E-state index in [4.69, 9.17) is 16.3 Å². The van der Waals surface area contributed by atoms with Crippen LogP contribution in [0, 0.1) is 6.92 Å². The zero-order valence-electron chi connectivity index (χ0n) is 12.2. The SMILES string of the molecule is COc1ccc(C(/C=C\c2ccc(Cl)cc2C)CO)cc1. The van der Waals surface area contributed by atoms with E-state index in [-0.39, 0.29) is 12.5 Å². The molecule has 1 unspecified atom stereocenters. The maximum Gasteiger partial charge on any atom is 0.118 e. The van der Waals surface area contributed by atoms with Gasteiger partial charge >= 0.3 is 0 Å². The number of methoxy groups -OCH3 is 1. The molecule has 3 heteroatoms. The number of aryl methyl sites for hydroxylation is 1. The van der Waals surface area contributed by atoms with Gasteiger partial charge in [0.1, 0.15) is 5.75 Å². The molecule has 0 saturated heterocycles. The minimum atomic E-state index is -0.0361. The number of aliphatic hydroxyl groups is 1. The second-order valence-corrected chi connectivity index (χ2v) is 5.36. The van der Waals surface area contributed by atoms with Gasteiger partial charge in [-0.3, -0.25) is 0 Å². The van der Waals surface area contributed by atoms with Crippen molar-refractivity contribution in [2.75, 3.05) is 13.7 Å². The van der Waals surface area contributed by atoms with Crippen molar-refractivity contribution in [2.45, 2.75) is 12.8 Å². The molecule has 2 aromatic rings. The molecule has 0 amide bonds. The van der Waals surface area contributed by atoms with Crippen molar-refractivity contribution in [3.8, 4) is 5.75 Å². The van der Waals surface area contributed by atoms with Crippen molar-refractivity contribution in [1.82, 2.24) is 0 Å². The normalized spacial score (nSPS) is 12.6. The Bertz CT molecular complexity index is 618. The summed E-state index contributed by atoms with van der Waals surface area (Å²) < 4.78 is 5.15. The third-order valence-corrected chi connectivity index (χ3v) is 3.72. The highest BCUT2D eigenvalue weighted by Gasteiger charge is 2.07. The Labute approximate surface area is 130 Å². The van der Waals surface area contributed by atoms with E-state index in [9.17, 15) is 5.11 Å². The quantitative estimate of drug-likeness (QED) is 0.884. The van der Waals surface area contributed by atoms with Crippen LogP contribution in [-0.2, 0) is 0 Å². The van der Waals surface area contributed by atoms with E-state index in [1.807, 2.05) is 61.5 Å². The summed E-state index contributed by atoms with van der Waals surface area (Å²) in [5.41, 5.74) is 3.28. The summed E-state index contributed by atoms with van der Waals surface area (Å²) in [4.78, 5) is 0.